The van der Waals surface area contributed by atoms with Gasteiger partial charge in [-0.15, -0.1) is 0 Å². The number of carbonyl (C=O) groups excluding carboxylic acids is 2. The fourth-order valence-corrected chi connectivity index (χ4v) is 3.83. The summed E-state index contributed by atoms with van der Waals surface area (Å²) in [6.07, 6.45) is 0.433. The van der Waals surface area contributed by atoms with Gasteiger partial charge in [0.15, 0.2) is 0 Å². The third-order valence-electron chi connectivity index (χ3n) is 5.57. The lowest BCUT2D eigenvalue weighted by Crippen LogP contribution is -2.34. The molecule has 1 heterocycles. The smallest absolute Gasteiger partial charge is 0.278 e. The molecular formula is C26H22ClFN2O2. The van der Waals surface area contributed by atoms with Gasteiger partial charge in [-0.3, -0.25) is 14.5 Å². The van der Waals surface area contributed by atoms with Crippen LogP contribution < -0.4 is 5.32 Å². The van der Waals surface area contributed by atoms with E-state index in [1.54, 1.807) is 24.3 Å². The quantitative estimate of drug-likeness (QED) is 0.504. The van der Waals surface area contributed by atoms with Gasteiger partial charge in [-0.25, -0.2) is 4.39 Å². The summed E-state index contributed by atoms with van der Waals surface area (Å²) in [5, 5.41) is 3.73. The van der Waals surface area contributed by atoms with Crippen LogP contribution in [-0.4, -0.2) is 23.3 Å². The average Bonchev–Trinajstić information content (AvgIpc) is 3.01. The van der Waals surface area contributed by atoms with Crippen molar-refractivity contribution < 1.29 is 14.0 Å². The molecule has 4 nitrogen and oxygen atoms in total. The second kappa shape index (κ2) is 8.97. The summed E-state index contributed by atoms with van der Waals surface area (Å²) in [4.78, 5) is 27.9. The molecule has 0 saturated heterocycles. The highest BCUT2D eigenvalue weighted by Gasteiger charge is 2.39. The van der Waals surface area contributed by atoms with Crippen molar-refractivity contribution in [3.05, 3.63) is 106 Å². The van der Waals surface area contributed by atoms with Crippen LogP contribution in [0.15, 0.2) is 72.4 Å². The maximum Gasteiger partial charge on any atom is 0.278 e. The lowest BCUT2D eigenvalue weighted by Gasteiger charge is -2.16. The number of nitrogens with zero attached hydrogens (tertiary/aromatic N) is 1. The van der Waals surface area contributed by atoms with Crippen molar-refractivity contribution in [2.75, 3.05) is 11.9 Å². The van der Waals surface area contributed by atoms with Crippen LogP contribution in [0.1, 0.15) is 22.3 Å². The van der Waals surface area contributed by atoms with Gasteiger partial charge in [-0.05, 0) is 61.2 Å². The highest BCUT2D eigenvalue weighted by molar-refractivity contribution is 6.36. The van der Waals surface area contributed by atoms with Crippen molar-refractivity contribution in [3.63, 3.8) is 0 Å². The molecule has 0 aliphatic carbocycles. The van der Waals surface area contributed by atoms with E-state index < -0.39 is 5.91 Å². The fourth-order valence-electron chi connectivity index (χ4n) is 3.65. The first-order chi connectivity index (χ1) is 15.3. The second-order valence-corrected chi connectivity index (χ2v) is 8.20. The molecule has 0 spiro atoms. The average molecular weight is 449 g/mol. The zero-order chi connectivity index (χ0) is 22.8. The molecule has 32 heavy (non-hydrogen) atoms. The molecule has 3 aromatic rings. The van der Waals surface area contributed by atoms with Crippen LogP contribution >= 0.6 is 11.6 Å². The Labute approximate surface area is 191 Å². The van der Waals surface area contributed by atoms with Crippen LogP contribution in [0, 0.1) is 19.7 Å². The summed E-state index contributed by atoms with van der Waals surface area (Å²) in [5.41, 5.74) is 4.57. The van der Waals surface area contributed by atoms with Gasteiger partial charge in [-0.1, -0.05) is 59.6 Å². The molecule has 0 atom stereocenters. The topological polar surface area (TPSA) is 49.4 Å². The first-order valence-corrected chi connectivity index (χ1v) is 10.7. The number of imide groups is 1. The first-order valence-electron chi connectivity index (χ1n) is 10.3. The Kier molecular flexibility index (Phi) is 6.10. The predicted molar refractivity (Wildman–Crippen MR) is 125 cm³/mol. The molecule has 1 N–H and O–H groups in total. The summed E-state index contributed by atoms with van der Waals surface area (Å²) >= 11 is 6.25. The number of rotatable bonds is 6. The van der Waals surface area contributed by atoms with Crippen molar-refractivity contribution in [2.24, 2.45) is 0 Å². The van der Waals surface area contributed by atoms with E-state index in [9.17, 15) is 14.0 Å². The van der Waals surface area contributed by atoms with Gasteiger partial charge in [0, 0.05) is 17.3 Å². The highest BCUT2D eigenvalue weighted by atomic mass is 35.5. The monoisotopic (exact) mass is 448 g/mol. The minimum absolute atomic E-state index is 0.193. The standard InChI is InChI=1S/C26H22ClFN2O2/c1-16-6-10-19(11-7-16)23-24(29-22-5-3-4-21(27)17(22)2)26(32)30(25(23)31)15-14-18-8-12-20(28)13-9-18/h3-13,29H,14-15H2,1-2H3. The third kappa shape index (κ3) is 4.30. The Bertz CT molecular complexity index is 1220. The van der Waals surface area contributed by atoms with Gasteiger partial charge in [0.1, 0.15) is 11.5 Å². The lowest BCUT2D eigenvalue weighted by atomic mass is 10.0. The van der Waals surface area contributed by atoms with E-state index in [-0.39, 0.29) is 24.0 Å². The van der Waals surface area contributed by atoms with Gasteiger partial charge < -0.3 is 5.32 Å². The number of anilines is 1. The summed E-state index contributed by atoms with van der Waals surface area (Å²) in [6.45, 7) is 4.01. The summed E-state index contributed by atoms with van der Waals surface area (Å²) in [6, 6.07) is 18.9. The normalized spacial score (nSPS) is 13.8. The zero-order valence-electron chi connectivity index (χ0n) is 17.8. The van der Waals surface area contributed by atoms with E-state index >= 15 is 0 Å². The lowest BCUT2D eigenvalue weighted by molar-refractivity contribution is -0.136. The van der Waals surface area contributed by atoms with E-state index in [1.165, 1.54) is 17.0 Å². The van der Waals surface area contributed by atoms with Gasteiger partial charge in [0.05, 0.1) is 5.57 Å². The van der Waals surface area contributed by atoms with E-state index in [0.717, 1.165) is 16.7 Å². The Balaban J connectivity index is 1.68. The number of amides is 2. The number of benzene rings is 3. The molecule has 0 saturated carbocycles. The summed E-state index contributed by atoms with van der Waals surface area (Å²) in [7, 11) is 0. The molecule has 0 unspecified atom stereocenters. The van der Waals surface area contributed by atoms with E-state index in [2.05, 4.69) is 5.32 Å². The number of hydrogen-bond acceptors (Lipinski definition) is 3. The minimum Gasteiger partial charge on any atom is -0.350 e. The molecule has 1 aliphatic rings. The SMILES string of the molecule is Cc1ccc(C2=C(Nc3cccc(Cl)c3C)C(=O)N(CCc3ccc(F)cc3)C2=O)cc1. The summed E-state index contributed by atoms with van der Waals surface area (Å²) in [5.74, 6) is -1.08. The van der Waals surface area contributed by atoms with E-state index in [0.29, 0.717) is 28.3 Å². The van der Waals surface area contributed by atoms with Crippen LogP contribution in [0.3, 0.4) is 0 Å². The zero-order valence-corrected chi connectivity index (χ0v) is 18.5. The van der Waals surface area contributed by atoms with Gasteiger partial charge >= 0.3 is 0 Å². The molecule has 2 amide bonds. The molecule has 0 radical (unpaired) electrons. The fraction of sp³-hybridized carbons (Fsp3) is 0.154. The van der Waals surface area contributed by atoms with Crippen LogP contribution in [0.25, 0.3) is 5.57 Å². The molecule has 0 bridgehead atoms. The van der Waals surface area contributed by atoms with Crippen molar-refractivity contribution >= 4 is 34.7 Å². The second-order valence-electron chi connectivity index (χ2n) is 7.79. The molecule has 4 rings (SSSR count). The van der Waals surface area contributed by atoms with Gasteiger partial charge in [-0.2, -0.15) is 0 Å². The van der Waals surface area contributed by atoms with Crippen molar-refractivity contribution in [3.8, 4) is 0 Å². The molecule has 1 aliphatic heterocycles. The Hall–Kier alpha value is -3.44. The van der Waals surface area contributed by atoms with Gasteiger partial charge in [0.25, 0.3) is 11.8 Å². The van der Waals surface area contributed by atoms with Crippen LogP contribution in [0.5, 0.6) is 0 Å². The predicted octanol–water partition coefficient (Wildman–Crippen LogP) is 5.53. The molecule has 3 aromatic carbocycles. The Morgan fingerprint density at radius 3 is 2.28 bits per heavy atom. The molecule has 0 aromatic heterocycles. The number of nitrogens with one attached hydrogen (secondary N) is 1. The summed E-state index contributed by atoms with van der Waals surface area (Å²) < 4.78 is 13.2. The highest BCUT2D eigenvalue weighted by Crippen LogP contribution is 2.32. The van der Waals surface area contributed by atoms with Crippen molar-refractivity contribution in [1.82, 2.24) is 4.90 Å². The number of halogens is 2. The Morgan fingerprint density at radius 1 is 0.906 bits per heavy atom. The molecule has 0 fully saturated rings. The van der Waals surface area contributed by atoms with Crippen molar-refractivity contribution in [1.29, 1.82) is 0 Å². The largest absolute Gasteiger partial charge is 0.350 e. The third-order valence-corrected chi connectivity index (χ3v) is 5.98. The molecular weight excluding hydrogens is 427 g/mol. The van der Waals surface area contributed by atoms with Gasteiger partial charge in [0.2, 0.25) is 0 Å². The van der Waals surface area contributed by atoms with Crippen molar-refractivity contribution in [2.45, 2.75) is 20.3 Å². The molecule has 162 valence electrons. The molecule has 6 heteroatoms. The Morgan fingerprint density at radius 2 is 1.59 bits per heavy atom. The van der Waals surface area contributed by atoms with Crippen LogP contribution in [0.2, 0.25) is 5.02 Å². The number of carbonyl (C=O) groups is 2. The maximum atomic E-state index is 13.4. The van der Waals surface area contributed by atoms with E-state index in [4.69, 9.17) is 11.6 Å². The first kappa shape index (κ1) is 21.8. The van der Waals surface area contributed by atoms with Crippen LogP contribution in [-0.2, 0) is 16.0 Å². The number of aryl methyl sites for hydroxylation is 1. The minimum atomic E-state index is -0.396. The maximum absolute atomic E-state index is 13.4. The van der Waals surface area contributed by atoms with Crippen LogP contribution in [0.4, 0.5) is 10.1 Å². The number of hydrogen-bond donors (Lipinski definition) is 1. The van der Waals surface area contributed by atoms with E-state index in [1.807, 2.05) is 44.2 Å².